The van der Waals surface area contributed by atoms with Crippen molar-refractivity contribution >= 4 is 37.5 Å². The van der Waals surface area contributed by atoms with Gasteiger partial charge in [-0.3, -0.25) is 4.72 Å². The molecule has 0 aromatic heterocycles. The highest BCUT2D eigenvalue weighted by molar-refractivity contribution is 9.10. The van der Waals surface area contributed by atoms with E-state index in [0.717, 1.165) is 4.47 Å². The number of hydrogen-bond acceptors (Lipinski definition) is 4. The number of benzene rings is 1. The van der Waals surface area contributed by atoms with Gasteiger partial charge in [-0.2, -0.15) is 0 Å². The fraction of sp³-hybridized carbons (Fsp3) is 0.417. The third-order valence-electron chi connectivity index (χ3n) is 2.54. The zero-order valence-corrected chi connectivity index (χ0v) is 12.9. The van der Waals surface area contributed by atoms with E-state index in [1.54, 1.807) is 12.1 Å². The van der Waals surface area contributed by atoms with Gasteiger partial charge < -0.3 is 4.74 Å². The number of rotatable bonds is 5. The van der Waals surface area contributed by atoms with Gasteiger partial charge in [0.1, 0.15) is 6.61 Å². The monoisotopic (exact) mass is 346 g/mol. The predicted molar refractivity (Wildman–Crippen MR) is 79.2 cm³/mol. The molecule has 0 fully saturated rings. The molecule has 0 bridgehead atoms. The van der Waals surface area contributed by atoms with Crippen LogP contribution in [0.1, 0.15) is 18.9 Å². The Morgan fingerprint density at radius 2 is 2.26 bits per heavy atom. The molecule has 0 aliphatic carbocycles. The van der Waals surface area contributed by atoms with Crippen LogP contribution < -0.4 is 4.72 Å². The molecule has 0 amide bonds. The minimum Gasteiger partial charge on any atom is -0.475 e. The number of anilines is 1. The lowest BCUT2D eigenvalue weighted by Gasteiger charge is -2.12. The molecule has 104 valence electrons. The molecule has 1 heterocycles. The van der Waals surface area contributed by atoms with Crippen molar-refractivity contribution in [1.82, 2.24) is 0 Å². The van der Waals surface area contributed by atoms with Gasteiger partial charge in [0.05, 0.1) is 23.5 Å². The number of nitrogens with zero attached hydrogens (tertiary/aromatic N) is 1. The second kappa shape index (κ2) is 5.92. The summed E-state index contributed by atoms with van der Waals surface area (Å²) in [5.74, 6) is 0.577. The molecule has 5 nitrogen and oxygen atoms in total. The van der Waals surface area contributed by atoms with Gasteiger partial charge in [-0.15, -0.1) is 0 Å². The summed E-state index contributed by atoms with van der Waals surface area (Å²) in [5.41, 5.74) is 1.16. The summed E-state index contributed by atoms with van der Waals surface area (Å²) in [5, 5.41) is 0. The quantitative estimate of drug-likeness (QED) is 0.889. The van der Waals surface area contributed by atoms with Crippen LogP contribution in [0.5, 0.6) is 0 Å². The van der Waals surface area contributed by atoms with Crippen LogP contribution in [-0.2, 0) is 14.8 Å². The Balaban J connectivity index is 2.35. The Labute approximate surface area is 121 Å². The number of halogens is 1. The van der Waals surface area contributed by atoms with Crippen LogP contribution in [0.2, 0.25) is 0 Å². The van der Waals surface area contributed by atoms with Crippen LogP contribution in [0.3, 0.4) is 0 Å². The van der Waals surface area contributed by atoms with E-state index in [1.807, 2.05) is 13.0 Å². The van der Waals surface area contributed by atoms with Crippen LogP contribution in [-0.4, -0.2) is 33.2 Å². The summed E-state index contributed by atoms with van der Waals surface area (Å²) in [6, 6.07) is 5.34. The van der Waals surface area contributed by atoms with E-state index in [-0.39, 0.29) is 5.75 Å². The van der Waals surface area contributed by atoms with Crippen LogP contribution in [0, 0.1) is 0 Å². The van der Waals surface area contributed by atoms with Gasteiger partial charge in [-0.1, -0.05) is 22.9 Å². The molecule has 0 saturated carbocycles. The molecule has 1 N–H and O–H groups in total. The van der Waals surface area contributed by atoms with Gasteiger partial charge in [0.15, 0.2) is 0 Å². The van der Waals surface area contributed by atoms with E-state index < -0.39 is 10.0 Å². The Hall–Kier alpha value is -1.08. The predicted octanol–water partition coefficient (Wildman–Crippen LogP) is 2.38. The van der Waals surface area contributed by atoms with E-state index in [2.05, 4.69) is 25.6 Å². The summed E-state index contributed by atoms with van der Waals surface area (Å²) < 4.78 is 32.5. The average Bonchev–Trinajstić information content (AvgIpc) is 2.81. The first-order valence-corrected chi connectivity index (χ1v) is 8.44. The third-order valence-corrected chi connectivity index (χ3v) is 4.51. The van der Waals surface area contributed by atoms with Crippen molar-refractivity contribution in [3.63, 3.8) is 0 Å². The van der Waals surface area contributed by atoms with Crippen molar-refractivity contribution in [2.45, 2.75) is 13.3 Å². The first-order valence-electron chi connectivity index (χ1n) is 5.99. The van der Waals surface area contributed by atoms with E-state index in [9.17, 15) is 8.42 Å². The lowest BCUT2D eigenvalue weighted by Crippen LogP contribution is -2.18. The maximum atomic E-state index is 11.9. The average molecular weight is 347 g/mol. The number of aliphatic imine (C=N–C) groups is 1. The molecule has 1 aromatic rings. The molecular weight excluding hydrogens is 332 g/mol. The van der Waals surface area contributed by atoms with Crippen LogP contribution in [0.4, 0.5) is 5.69 Å². The fourth-order valence-corrected chi connectivity index (χ4v) is 3.28. The van der Waals surface area contributed by atoms with Crippen molar-refractivity contribution in [2.75, 3.05) is 23.6 Å². The summed E-state index contributed by atoms with van der Waals surface area (Å²) in [7, 11) is -3.33. The number of hydrogen-bond donors (Lipinski definition) is 1. The molecule has 1 aromatic carbocycles. The molecule has 0 radical (unpaired) electrons. The molecule has 0 spiro atoms. The lowest BCUT2D eigenvalue weighted by molar-refractivity contribution is 0.348. The Morgan fingerprint density at radius 1 is 1.47 bits per heavy atom. The van der Waals surface area contributed by atoms with Crippen molar-refractivity contribution < 1.29 is 13.2 Å². The number of ether oxygens (including phenoxy) is 1. The highest BCUT2D eigenvalue weighted by atomic mass is 79.9. The van der Waals surface area contributed by atoms with Crippen molar-refractivity contribution in [3.05, 3.63) is 28.2 Å². The van der Waals surface area contributed by atoms with Crippen LogP contribution in [0.15, 0.2) is 27.7 Å². The maximum absolute atomic E-state index is 11.9. The number of sulfonamides is 1. The van der Waals surface area contributed by atoms with Crippen molar-refractivity contribution in [3.8, 4) is 0 Å². The first kappa shape index (κ1) is 14.3. The highest BCUT2D eigenvalue weighted by Gasteiger charge is 2.18. The fourth-order valence-electron chi connectivity index (χ4n) is 1.77. The topological polar surface area (TPSA) is 67.8 Å². The molecule has 7 heteroatoms. The standard InChI is InChI=1S/C12H15BrN2O3S/c1-2-7-19(16,17)15-11-8-9(13)3-4-10(11)12-14-5-6-18-12/h3-4,8,15H,2,5-7H2,1H3. The molecule has 1 aliphatic heterocycles. The maximum Gasteiger partial charge on any atom is 0.232 e. The molecule has 2 rings (SSSR count). The van der Waals surface area contributed by atoms with Crippen molar-refractivity contribution in [2.24, 2.45) is 4.99 Å². The zero-order chi connectivity index (χ0) is 13.9. The Morgan fingerprint density at radius 3 is 2.89 bits per heavy atom. The van der Waals surface area contributed by atoms with Gasteiger partial charge in [0.25, 0.3) is 0 Å². The summed E-state index contributed by atoms with van der Waals surface area (Å²) in [6.07, 6.45) is 0.566. The molecule has 19 heavy (non-hydrogen) atoms. The molecule has 0 unspecified atom stereocenters. The first-order chi connectivity index (χ1) is 9.02. The third kappa shape index (κ3) is 3.70. The van der Waals surface area contributed by atoms with E-state index in [4.69, 9.17) is 4.74 Å². The van der Waals surface area contributed by atoms with Gasteiger partial charge in [-0.25, -0.2) is 13.4 Å². The minimum absolute atomic E-state index is 0.0896. The largest absolute Gasteiger partial charge is 0.475 e. The summed E-state index contributed by atoms with van der Waals surface area (Å²) in [6.45, 7) is 2.96. The van der Waals surface area contributed by atoms with E-state index >= 15 is 0 Å². The molecule has 0 saturated heterocycles. The highest BCUT2D eigenvalue weighted by Crippen LogP contribution is 2.24. The second-order valence-corrected chi connectivity index (χ2v) is 6.90. The normalized spacial score (nSPS) is 14.9. The molecule has 0 atom stereocenters. The lowest BCUT2D eigenvalue weighted by atomic mass is 10.2. The van der Waals surface area contributed by atoms with E-state index in [0.29, 0.717) is 36.7 Å². The number of nitrogens with one attached hydrogen (secondary N) is 1. The van der Waals surface area contributed by atoms with Gasteiger partial charge in [0.2, 0.25) is 15.9 Å². The SMILES string of the molecule is CCCS(=O)(=O)Nc1cc(Br)ccc1C1=NCCO1. The summed E-state index contributed by atoms with van der Waals surface area (Å²) >= 11 is 3.34. The van der Waals surface area contributed by atoms with Gasteiger partial charge >= 0.3 is 0 Å². The van der Waals surface area contributed by atoms with Gasteiger partial charge in [-0.05, 0) is 24.6 Å². The Kier molecular flexibility index (Phi) is 4.46. The van der Waals surface area contributed by atoms with Gasteiger partial charge in [0, 0.05) is 4.47 Å². The molecular formula is C12H15BrN2O3S. The molecule has 1 aliphatic rings. The van der Waals surface area contributed by atoms with Crippen molar-refractivity contribution in [1.29, 1.82) is 0 Å². The summed E-state index contributed by atoms with van der Waals surface area (Å²) in [4.78, 5) is 4.22. The zero-order valence-electron chi connectivity index (χ0n) is 10.5. The van der Waals surface area contributed by atoms with Crippen LogP contribution in [0.25, 0.3) is 0 Å². The minimum atomic E-state index is -3.33. The second-order valence-electron chi connectivity index (χ2n) is 4.15. The smallest absolute Gasteiger partial charge is 0.232 e. The Bertz CT molecular complexity index is 599. The van der Waals surface area contributed by atoms with E-state index in [1.165, 1.54) is 0 Å². The van der Waals surface area contributed by atoms with Crippen LogP contribution >= 0.6 is 15.9 Å².